The van der Waals surface area contributed by atoms with Gasteiger partial charge in [0.05, 0.1) is 5.56 Å². The smallest absolute Gasteiger partial charge is 0.257 e. The Kier molecular flexibility index (Phi) is 3.83. The molecule has 0 radical (unpaired) electrons. The van der Waals surface area contributed by atoms with Crippen molar-refractivity contribution in [2.45, 2.75) is 32.6 Å². The van der Waals surface area contributed by atoms with E-state index in [4.69, 9.17) is 12.2 Å². The van der Waals surface area contributed by atoms with Crippen LogP contribution in [-0.2, 0) is 0 Å². The predicted octanol–water partition coefficient (Wildman–Crippen LogP) is 4.38. The molecule has 0 fully saturated rings. The van der Waals surface area contributed by atoms with Crippen LogP contribution in [0.25, 0.3) is 0 Å². The van der Waals surface area contributed by atoms with Crippen LogP contribution >= 0.6 is 12.2 Å². The summed E-state index contributed by atoms with van der Waals surface area (Å²) in [5.74, 6) is 0.562. The molecular formula is C19H19NOS. The van der Waals surface area contributed by atoms with E-state index in [1.807, 2.05) is 18.2 Å². The summed E-state index contributed by atoms with van der Waals surface area (Å²) in [4.78, 5) is 12.7. The molecule has 0 saturated carbocycles. The average Bonchev–Trinajstić information content (AvgIpc) is 2.81. The summed E-state index contributed by atoms with van der Waals surface area (Å²) in [6, 6.07) is 14.5. The van der Waals surface area contributed by atoms with Gasteiger partial charge in [0, 0.05) is 11.5 Å². The zero-order valence-corrected chi connectivity index (χ0v) is 13.8. The van der Waals surface area contributed by atoms with Gasteiger partial charge in [-0.2, -0.15) is 0 Å². The van der Waals surface area contributed by atoms with Crippen LogP contribution in [0, 0.1) is 0 Å². The number of carbonyl (C=O) groups is 1. The van der Waals surface area contributed by atoms with E-state index in [1.165, 1.54) is 11.1 Å². The van der Waals surface area contributed by atoms with E-state index in [0.717, 1.165) is 16.7 Å². The van der Waals surface area contributed by atoms with E-state index < -0.39 is 0 Å². The van der Waals surface area contributed by atoms with Gasteiger partial charge in [0.2, 0.25) is 0 Å². The van der Waals surface area contributed by atoms with Crippen molar-refractivity contribution in [3.8, 4) is 0 Å². The number of benzene rings is 2. The molecule has 1 aliphatic rings. The van der Waals surface area contributed by atoms with Gasteiger partial charge in [-0.3, -0.25) is 4.79 Å². The Morgan fingerprint density at radius 2 is 1.68 bits per heavy atom. The molecule has 3 heteroatoms. The second kappa shape index (κ2) is 5.65. The summed E-state index contributed by atoms with van der Waals surface area (Å²) in [6.45, 7) is 6.52. The molecule has 2 aromatic carbocycles. The Morgan fingerprint density at radius 1 is 1.00 bits per heavy atom. The van der Waals surface area contributed by atoms with Gasteiger partial charge in [0.25, 0.3) is 5.91 Å². The maximum Gasteiger partial charge on any atom is 0.257 e. The molecule has 1 N–H and O–H groups in total. The Morgan fingerprint density at radius 3 is 2.41 bits per heavy atom. The van der Waals surface area contributed by atoms with Gasteiger partial charge in [0.15, 0.2) is 0 Å². The van der Waals surface area contributed by atoms with Gasteiger partial charge in [-0.25, -0.2) is 0 Å². The van der Waals surface area contributed by atoms with E-state index >= 15 is 0 Å². The lowest BCUT2D eigenvalue weighted by atomic mass is 9.86. The molecule has 1 amide bonds. The van der Waals surface area contributed by atoms with Crippen molar-refractivity contribution >= 4 is 23.1 Å². The van der Waals surface area contributed by atoms with Crippen molar-refractivity contribution in [1.29, 1.82) is 0 Å². The molecule has 0 aliphatic carbocycles. The molecule has 1 aliphatic heterocycles. The number of carbonyl (C=O) groups excluding carboxylic acids is 1. The Labute approximate surface area is 136 Å². The molecular weight excluding hydrogens is 290 g/mol. The third kappa shape index (κ3) is 2.46. The van der Waals surface area contributed by atoms with Crippen LogP contribution in [-0.4, -0.2) is 10.9 Å². The summed E-state index contributed by atoms with van der Waals surface area (Å²) in [5, 5.41) is 2.75. The number of nitrogens with one attached hydrogen (secondary N) is 1. The predicted molar refractivity (Wildman–Crippen MR) is 93.7 cm³/mol. The molecule has 0 aromatic heterocycles. The molecule has 1 unspecified atom stereocenters. The number of fused-ring (bicyclic) bond motifs is 1. The van der Waals surface area contributed by atoms with E-state index in [9.17, 15) is 4.79 Å². The van der Waals surface area contributed by atoms with Gasteiger partial charge in [-0.1, -0.05) is 75.5 Å². The van der Waals surface area contributed by atoms with Crippen LogP contribution in [0.2, 0.25) is 0 Å². The van der Waals surface area contributed by atoms with Crippen molar-refractivity contribution < 1.29 is 4.79 Å². The second-order valence-electron chi connectivity index (χ2n) is 6.10. The van der Waals surface area contributed by atoms with Crippen molar-refractivity contribution in [2.75, 3.05) is 0 Å². The monoisotopic (exact) mass is 309 g/mol. The first-order valence-electron chi connectivity index (χ1n) is 7.57. The lowest BCUT2D eigenvalue weighted by Gasteiger charge is -2.17. The molecule has 22 heavy (non-hydrogen) atoms. The number of thiocarbonyl (C=S) groups is 1. The normalized spacial score (nSPS) is 14.9. The third-order valence-corrected chi connectivity index (χ3v) is 4.66. The summed E-state index contributed by atoms with van der Waals surface area (Å²) >= 11 is 5.24. The van der Waals surface area contributed by atoms with Crippen LogP contribution in [0.1, 0.15) is 65.2 Å². The van der Waals surface area contributed by atoms with Gasteiger partial charge in [-0.05, 0) is 22.6 Å². The van der Waals surface area contributed by atoms with Crippen molar-refractivity contribution in [3.05, 3.63) is 70.3 Å². The van der Waals surface area contributed by atoms with Gasteiger partial charge in [-0.15, -0.1) is 0 Å². The third-order valence-electron chi connectivity index (χ3n) is 4.34. The summed E-state index contributed by atoms with van der Waals surface area (Å²) in [6.07, 6.45) is 0. The van der Waals surface area contributed by atoms with Crippen LogP contribution in [0.4, 0.5) is 0 Å². The standard InChI is InChI=1S/C19H19NOS/c1-11(2)13-6-4-7-14(10-13)12(3)15-8-5-9-16-17(15)18(21)20-19(16)22/h4-12H,1-3H3,(H,20,21,22). The fraction of sp³-hybridized carbons (Fsp3) is 0.263. The van der Waals surface area contributed by atoms with E-state index in [0.29, 0.717) is 10.9 Å². The summed E-state index contributed by atoms with van der Waals surface area (Å²) < 4.78 is 0. The SMILES string of the molecule is CC(C)c1cccc(C(C)c2cccc3c2C(=O)NC3=S)c1. The van der Waals surface area contributed by atoms with Crippen molar-refractivity contribution in [2.24, 2.45) is 0 Å². The minimum Gasteiger partial charge on any atom is -0.312 e. The highest BCUT2D eigenvalue weighted by Crippen LogP contribution is 2.32. The maximum absolute atomic E-state index is 12.2. The molecule has 1 atom stereocenters. The lowest BCUT2D eigenvalue weighted by Crippen LogP contribution is -2.19. The van der Waals surface area contributed by atoms with E-state index in [-0.39, 0.29) is 11.8 Å². The minimum atomic E-state index is -0.0811. The lowest BCUT2D eigenvalue weighted by molar-refractivity contribution is 0.0982. The Balaban J connectivity index is 2.07. The Hall–Kier alpha value is -2.00. The van der Waals surface area contributed by atoms with Crippen LogP contribution < -0.4 is 5.32 Å². The molecule has 112 valence electrons. The molecule has 3 rings (SSSR count). The zero-order valence-electron chi connectivity index (χ0n) is 13.0. The fourth-order valence-corrected chi connectivity index (χ4v) is 3.24. The molecule has 2 nitrogen and oxygen atoms in total. The van der Waals surface area contributed by atoms with E-state index in [1.54, 1.807) is 0 Å². The zero-order chi connectivity index (χ0) is 15.9. The largest absolute Gasteiger partial charge is 0.312 e. The highest BCUT2D eigenvalue weighted by molar-refractivity contribution is 7.80. The van der Waals surface area contributed by atoms with Crippen LogP contribution in [0.5, 0.6) is 0 Å². The first-order valence-corrected chi connectivity index (χ1v) is 7.98. The number of hydrogen-bond acceptors (Lipinski definition) is 2. The number of amides is 1. The van der Waals surface area contributed by atoms with Crippen molar-refractivity contribution in [3.63, 3.8) is 0 Å². The first kappa shape index (κ1) is 14.9. The highest BCUT2D eigenvalue weighted by Gasteiger charge is 2.28. The van der Waals surface area contributed by atoms with E-state index in [2.05, 4.69) is 50.4 Å². The maximum atomic E-state index is 12.2. The molecule has 0 saturated heterocycles. The minimum absolute atomic E-state index is 0.0811. The van der Waals surface area contributed by atoms with Gasteiger partial charge >= 0.3 is 0 Å². The summed E-state index contributed by atoms with van der Waals surface area (Å²) in [5.41, 5.74) is 5.16. The van der Waals surface area contributed by atoms with Crippen LogP contribution in [0.3, 0.4) is 0 Å². The first-order chi connectivity index (χ1) is 10.5. The number of rotatable bonds is 3. The molecule has 2 aromatic rings. The number of hydrogen-bond donors (Lipinski definition) is 1. The molecule has 0 spiro atoms. The highest BCUT2D eigenvalue weighted by atomic mass is 32.1. The fourth-order valence-electron chi connectivity index (χ4n) is 2.97. The molecule has 0 bridgehead atoms. The van der Waals surface area contributed by atoms with Crippen LogP contribution in [0.15, 0.2) is 42.5 Å². The van der Waals surface area contributed by atoms with Gasteiger partial charge < -0.3 is 5.32 Å². The Bertz CT molecular complexity index is 764. The van der Waals surface area contributed by atoms with Gasteiger partial charge in [0.1, 0.15) is 4.99 Å². The molecule has 1 heterocycles. The second-order valence-corrected chi connectivity index (χ2v) is 6.51. The quantitative estimate of drug-likeness (QED) is 0.852. The van der Waals surface area contributed by atoms with Crippen molar-refractivity contribution in [1.82, 2.24) is 5.32 Å². The average molecular weight is 309 g/mol. The summed E-state index contributed by atoms with van der Waals surface area (Å²) in [7, 11) is 0. The topological polar surface area (TPSA) is 29.1 Å².